The molecule has 2 aromatic heterocycles. The SMILES string of the molecule is CCN(c1nc(Cl)nc2nc[nH]c12)C1CCCCC1. The first-order chi connectivity index (χ1) is 9.29. The Balaban J connectivity index is 2.02. The number of nitrogens with one attached hydrogen (secondary N) is 1. The molecule has 1 aliphatic rings. The van der Waals surface area contributed by atoms with E-state index in [0.717, 1.165) is 17.9 Å². The lowest BCUT2D eigenvalue weighted by Crippen LogP contribution is -2.37. The fourth-order valence-electron chi connectivity index (χ4n) is 2.97. The molecule has 3 rings (SSSR count). The number of anilines is 1. The maximum absolute atomic E-state index is 6.02. The van der Waals surface area contributed by atoms with Crippen LogP contribution in [0, 0.1) is 0 Å². The lowest BCUT2D eigenvalue weighted by Gasteiger charge is -2.34. The van der Waals surface area contributed by atoms with Crippen LogP contribution in [0.25, 0.3) is 11.2 Å². The summed E-state index contributed by atoms with van der Waals surface area (Å²) in [5, 5.41) is 0.267. The number of nitrogens with zero attached hydrogens (tertiary/aromatic N) is 4. The quantitative estimate of drug-likeness (QED) is 0.877. The molecule has 0 aromatic carbocycles. The molecule has 0 unspecified atom stereocenters. The summed E-state index contributed by atoms with van der Waals surface area (Å²) in [7, 11) is 0. The molecule has 0 aliphatic heterocycles. The number of rotatable bonds is 3. The van der Waals surface area contributed by atoms with Gasteiger partial charge in [-0.15, -0.1) is 0 Å². The van der Waals surface area contributed by atoms with Gasteiger partial charge in [-0.05, 0) is 31.4 Å². The molecule has 1 fully saturated rings. The van der Waals surface area contributed by atoms with E-state index >= 15 is 0 Å². The Labute approximate surface area is 117 Å². The number of H-pyrrole nitrogens is 1. The Bertz CT molecular complexity index is 561. The highest BCUT2D eigenvalue weighted by atomic mass is 35.5. The van der Waals surface area contributed by atoms with Crippen molar-refractivity contribution in [3.05, 3.63) is 11.6 Å². The summed E-state index contributed by atoms with van der Waals surface area (Å²) in [5.74, 6) is 0.891. The van der Waals surface area contributed by atoms with Crippen LogP contribution in [0.15, 0.2) is 6.33 Å². The van der Waals surface area contributed by atoms with Crippen molar-refractivity contribution in [1.82, 2.24) is 19.9 Å². The van der Waals surface area contributed by atoms with Gasteiger partial charge < -0.3 is 9.88 Å². The normalized spacial score (nSPS) is 16.9. The molecule has 1 saturated carbocycles. The molecule has 0 amide bonds. The van der Waals surface area contributed by atoms with Gasteiger partial charge in [-0.2, -0.15) is 9.97 Å². The minimum Gasteiger partial charge on any atom is -0.352 e. The zero-order chi connectivity index (χ0) is 13.2. The van der Waals surface area contributed by atoms with Crippen molar-refractivity contribution < 1.29 is 0 Å². The van der Waals surface area contributed by atoms with Gasteiger partial charge >= 0.3 is 0 Å². The van der Waals surface area contributed by atoms with E-state index in [1.807, 2.05) is 0 Å². The highest BCUT2D eigenvalue weighted by molar-refractivity contribution is 6.28. The van der Waals surface area contributed by atoms with Crippen molar-refractivity contribution in [2.75, 3.05) is 11.4 Å². The molecule has 0 radical (unpaired) electrons. The van der Waals surface area contributed by atoms with Gasteiger partial charge in [0.25, 0.3) is 0 Å². The Morgan fingerprint density at radius 1 is 1.32 bits per heavy atom. The molecule has 0 spiro atoms. The Kier molecular flexibility index (Phi) is 3.55. The molecule has 0 bridgehead atoms. The number of imidazole rings is 1. The fraction of sp³-hybridized carbons (Fsp3) is 0.615. The molecule has 6 heteroatoms. The number of aromatic amines is 1. The second-order valence-corrected chi connectivity index (χ2v) is 5.33. The van der Waals surface area contributed by atoms with Gasteiger partial charge in [-0.25, -0.2) is 4.98 Å². The van der Waals surface area contributed by atoms with Gasteiger partial charge in [0.15, 0.2) is 11.5 Å². The maximum Gasteiger partial charge on any atom is 0.226 e. The molecular formula is C13H18ClN5. The predicted octanol–water partition coefficient (Wildman–Crippen LogP) is 3.17. The van der Waals surface area contributed by atoms with Crippen molar-refractivity contribution in [2.45, 2.75) is 45.1 Å². The molecule has 0 saturated heterocycles. The summed E-state index contributed by atoms with van der Waals surface area (Å²) in [6, 6.07) is 0.552. The molecule has 0 atom stereocenters. The predicted molar refractivity (Wildman–Crippen MR) is 76.6 cm³/mol. The average molecular weight is 280 g/mol. The van der Waals surface area contributed by atoms with Crippen molar-refractivity contribution in [3.63, 3.8) is 0 Å². The van der Waals surface area contributed by atoms with Crippen molar-refractivity contribution in [1.29, 1.82) is 0 Å². The molecule has 1 aliphatic carbocycles. The van der Waals surface area contributed by atoms with Gasteiger partial charge in [0.05, 0.1) is 6.33 Å². The first-order valence-corrected chi connectivity index (χ1v) is 7.30. The highest BCUT2D eigenvalue weighted by Crippen LogP contribution is 2.29. The van der Waals surface area contributed by atoms with Crippen molar-refractivity contribution >= 4 is 28.6 Å². The van der Waals surface area contributed by atoms with Crippen LogP contribution >= 0.6 is 11.6 Å². The van der Waals surface area contributed by atoms with Gasteiger partial charge in [-0.3, -0.25) is 0 Å². The standard InChI is InChI=1S/C13H18ClN5/c1-2-19(9-6-4-3-5-7-9)12-10-11(16-8-15-10)17-13(14)18-12/h8-9H,2-7H2,1H3,(H,15,16,17,18). The van der Waals surface area contributed by atoms with Crippen LogP contribution < -0.4 is 4.90 Å². The van der Waals surface area contributed by atoms with Crippen LogP contribution in [-0.4, -0.2) is 32.5 Å². The van der Waals surface area contributed by atoms with E-state index in [9.17, 15) is 0 Å². The van der Waals surface area contributed by atoms with E-state index in [-0.39, 0.29) is 5.28 Å². The zero-order valence-corrected chi connectivity index (χ0v) is 11.8. The Hall–Kier alpha value is -1.36. The van der Waals surface area contributed by atoms with E-state index in [1.54, 1.807) is 6.33 Å². The van der Waals surface area contributed by atoms with Crippen LogP contribution in [0.3, 0.4) is 0 Å². The van der Waals surface area contributed by atoms with E-state index in [2.05, 4.69) is 31.8 Å². The van der Waals surface area contributed by atoms with E-state index in [1.165, 1.54) is 32.1 Å². The average Bonchev–Trinajstić information content (AvgIpc) is 2.89. The number of halogens is 1. The summed E-state index contributed by atoms with van der Waals surface area (Å²) >= 11 is 6.02. The largest absolute Gasteiger partial charge is 0.352 e. The van der Waals surface area contributed by atoms with Crippen LogP contribution in [0.5, 0.6) is 0 Å². The fourth-order valence-corrected chi connectivity index (χ4v) is 3.13. The molecule has 5 nitrogen and oxygen atoms in total. The lowest BCUT2D eigenvalue weighted by atomic mass is 9.94. The van der Waals surface area contributed by atoms with Crippen LogP contribution in [-0.2, 0) is 0 Å². The second-order valence-electron chi connectivity index (χ2n) is 5.00. The summed E-state index contributed by atoms with van der Waals surface area (Å²) in [4.78, 5) is 18.2. The maximum atomic E-state index is 6.02. The molecule has 19 heavy (non-hydrogen) atoms. The Morgan fingerprint density at radius 3 is 2.84 bits per heavy atom. The smallest absolute Gasteiger partial charge is 0.226 e. The van der Waals surface area contributed by atoms with E-state index in [4.69, 9.17) is 11.6 Å². The molecule has 1 N–H and O–H groups in total. The topological polar surface area (TPSA) is 57.7 Å². The van der Waals surface area contributed by atoms with Gasteiger partial charge in [0.1, 0.15) is 5.52 Å². The minimum absolute atomic E-state index is 0.267. The molecular weight excluding hydrogens is 262 g/mol. The van der Waals surface area contributed by atoms with Crippen molar-refractivity contribution in [3.8, 4) is 0 Å². The first-order valence-electron chi connectivity index (χ1n) is 6.93. The molecule has 2 heterocycles. The highest BCUT2D eigenvalue weighted by Gasteiger charge is 2.24. The number of aromatic nitrogens is 4. The van der Waals surface area contributed by atoms with Gasteiger partial charge in [-0.1, -0.05) is 19.3 Å². The summed E-state index contributed by atoms with van der Waals surface area (Å²) in [6.07, 6.45) is 8.04. The van der Waals surface area contributed by atoms with Gasteiger partial charge in [0, 0.05) is 12.6 Å². The first kappa shape index (κ1) is 12.7. The zero-order valence-electron chi connectivity index (χ0n) is 11.1. The summed E-state index contributed by atoms with van der Waals surface area (Å²) in [5.41, 5.74) is 1.53. The Morgan fingerprint density at radius 2 is 2.11 bits per heavy atom. The lowest BCUT2D eigenvalue weighted by molar-refractivity contribution is 0.417. The number of hydrogen-bond donors (Lipinski definition) is 1. The van der Waals surface area contributed by atoms with Crippen LogP contribution in [0.2, 0.25) is 5.28 Å². The summed E-state index contributed by atoms with van der Waals surface area (Å²) in [6.45, 7) is 3.08. The number of hydrogen-bond acceptors (Lipinski definition) is 4. The molecule has 102 valence electrons. The third-order valence-electron chi connectivity index (χ3n) is 3.87. The van der Waals surface area contributed by atoms with Crippen molar-refractivity contribution in [2.24, 2.45) is 0 Å². The molecule has 2 aromatic rings. The monoisotopic (exact) mass is 279 g/mol. The number of fused-ring (bicyclic) bond motifs is 1. The summed E-state index contributed by atoms with van der Waals surface area (Å²) < 4.78 is 0. The second kappa shape index (κ2) is 5.33. The third-order valence-corrected chi connectivity index (χ3v) is 4.04. The van der Waals surface area contributed by atoms with E-state index in [0.29, 0.717) is 11.7 Å². The van der Waals surface area contributed by atoms with E-state index < -0.39 is 0 Å². The van der Waals surface area contributed by atoms with Crippen LogP contribution in [0.4, 0.5) is 5.82 Å². The van der Waals surface area contributed by atoms with Crippen LogP contribution in [0.1, 0.15) is 39.0 Å². The third kappa shape index (κ3) is 2.39. The van der Waals surface area contributed by atoms with Gasteiger partial charge in [0.2, 0.25) is 5.28 Å². The minimum atomic E-state index is 0.267.